The van der Waals surface area contributed by atoms with Gasteiger partial charge in [0.25, 0.3) is 0 Å². The predicted octanol–water partition coefficient (Wildman–Crippen LogP) is 2.26. The van der Waals surface area contributed by atoms with E-state index in [9.17, 15) is 13.2 Å². The summed E-state index contributed by atoms with van der Waals surface area (Å²) >= 11 is 0. The smallest absolute Gasteiger partial charge is 0.328 e. The lowest BCUT2D eigenvalue weighted by atomic mass is 10.2. The third-order valence-corrected chi connectivity index (χ3v) is 4.29. The summed E-state index contributed by atoms with van der Waals surface area (Å²) in [6, 6.07) is 15.3. The summed E-state index contributed by atoms with van der Waals surface area (Å²) in [5.41, 5.74) is 1.36. The van der Waals surface area contributed by atoms with E-state index in [-0.39, 0.29) is 11.4 Å². The molecule has 2 aromatic rings. The predicted molar refractivity (Wildman–Crippen MR) is 83.6 cm³/mol. The first-order valence-corrected chi connectivity index (χ1v) is 8.00. The molecule has 0 saturated carbocycles. The Kier molecular flexibility index (Phi) is 5.08. The summed E-state index contributed by atoms with van der Waals surface area (Å²) in [5, 5.41) is 8.60. The van der Waals surface area contributed by atoms with Crippen molar-refractivity contribution in [2.45, 2.75) is 11.4 Å². The van der Waals surface area contributed by atoms with Gasteiger partial charge in [-0.3, -0.25) is 0 Å². The molecule has 0 atom stereocenters. The van der Waals surface area contributed by atoms with E-state index in [0.29, 0.717) is 5.56 Å². The normalized spacial score (nSPS) is 11.6. The van der Waals surface area contributed by atoms with Gasteiger partial charge in [-0.1, -0.05) is 42.5 Å². The molecule has 6 heteroatoms. The number of carboxylic acids is 1. The fourth-order valence-corrected chi connectivity index (χ4v) is 2.88. The second-order valence-corrected chi connectivity index (χ2v) is 6.32. The summed E-state index contributed by atoms with van der Waals surface area (Å²) < 4.78 is 27.0. The van der Waals surface area contributed by atoms with Crippen molar-refractivity contribution in [1.82, 2.24) is 4.72 Å². The Balaban J connectivity index is 2.15. The van der Waals surface area contributed by atoms with Crippen molar-refractivity contribution in [2.75, 3.05) is 0 Å². The van der Waals surface area contributed by atoms with Crippen molar-refractivity contribution in [2.24, 2.45) is 0 Å². The Morgan fingerprint density at radius 3 is 2.50 bits per heavy atom. The molecule has 0 unspecified atom stereocenters. The summed E-state index contributed by atoms with van der Waals surface area (Å²) in [4.78, 5) is 10.6. The molecule has 0 fully saturated rings. The van der Waals surface area contributed by atoms with Crippen molar-refractivity contribution in [3.63, 3.8) is 0 Å². The van der Waals surface area contributed by atoms with Crippen LogP contribution in [0.2, 0.25) is 0 Å². The highest BCUT2D eigenvalue weighted by Crippen LogP contribution is 2.13. The van der Waals surface area contributed by atoms with Crippen LogP contribution in [-0.4, -0.2) is 19.5 Å². The standard InChI is InChI=1S/C16H15NO4S/c18-16(19)10-9-13-7-4-8-15(11-13)22(20,21)17-12-14-5-2-1-3-6-14/h1-11,17H,12H2,(H,18,19). The second kappa shape index (κ2) is 7.02. The van der Waals surface area contributed by atoms with Crippen LogP contribution < -0.4 is 4.72 Å². The van der Waals surface area contributed by atoms with E-state index in [1.54, 1.807) is 12.1 Å². The molecule has 0 aliphatic heterocycles. The minimum absolute atomic E-state index is 0.0935. The molecule has 0 aromatic heterocycles. The number of hydrogen-bond acceptors (Lipinski definition) is 3. The molecule has 2 aromatic carbocycles. The number of hydrogen-bond donors (Lipinski definition) is 2. The number of aliphatic carboxylic acids is 1. The Labute approximate surface area is 129 Å². The van der Waals surface area contributed by atoms with Crippen LogP contribution >= 0.6 is 0 Å². The van der Waals surface area contributed by atoms with Crippen molar-refractivity contribution >= 4 is 22.1 Å². The van der Waals surface area contributed by atoms with Gasteiger partial charge in [0.05, 0.1) is 4.90 Å². The van der Waals surface area contributed by atoms with E-state index >= 15 is 0 Å². The highest BCUT2D eigenvalue weighted by atomic mass is 32.2. The molecular weight excluding hydrogens is 302 g/mol. The van der Waals surface area contributed by atoms with Gasteiger partial charge in [0.1, 0.15) is 0 Å². The van der Waals surface area contributed by atoms with E-state index in [0.717, 1.165) is 11.6 Å². The number of sulfonamides is 1. The molecule has 0 aliphatic carbocycles. The van der Waals surface area contributed by atoms with Crippen molar-refractivity contribution in [3.05, 3.63) is 71.8 Å². The number of carbonyl (C=O) groups is 1. The van der Waals surface area contributed by atoms with E-state index in [1.165, 1.54) is 18.2 Å². The lowest BCUT2D eigenvalue weighted by Gasteiger charge is -2.07. The summed E-state index contributed by atoms with van der Waals surface area (Å²) in [6.45, 7) is 0.193. The molecule has 0 heterocycles. The van der Waals surface area contributed by atoms with E-state index < -0.39 is 16.0 Å². The Bertz CT molecular complexity index is 783. The Morgan fingerprint density at radius 2 is 1.82 bits per heavy atom. The van der Waals surface area contributed by atoms with Crippen LogP contribution in [0.3, 0.4) is 0 Å². The van der Waals surface area contributed by atoms with Gasteiger partial charge in [-0.2, -0.15) is 0 Å². The van der Waals surface area contributed by atoms with Crippen LogP contribution in [0.5, 0.6) is 0 Å². The largest absolute Gasteiger partial charge is 0.478 e. The molecule has 0 radical (unpaired) electrons. The minimum Gasteiger partial charge on any atom is -0.478 e. The third kappa shape index (κ3) is 4.54. The highest BCUT2D eigenvalue weighted by Gasteiger charge is 2.13. The molecule has 0 saturated heterocycles. The molecule has 114 valence electrons. The van der Waals surface area contributed by atoms with Gasteiger partial charge in [0.15, 0.2) is 0 Å². The van der Waals surface area contributed by atoms with Gasteiger partial charge in [0.2, 0.25) is 10.0 Å². The average Bonchev–Trinajstić information content (AvgIpc) is 2.52. The molecule has 0 bridgehead atoms. The summed E-state index contributed by atoms with van der Waals surface area (Å²) in [7, 11) is -3.65. The first-order valence-electron chi connectivity index (χ1n) is 6.52. The van der Waals surface area contributed by atoms with E-state index in [2.05, 4.69) is 4.72 Å². The molecular formula is C16H15NO4S. The van der Waals surface area contributed by atoms with Crippen molar-refractivity contribution < 1.29 is 18.3 Å². The van der Waals surface area contributed by atoms with Gasteiger partial charge >= 0.3 is 5.97 Å². The summed E-state index contributed by atoms with van der Waals surface area (Å²) in [5.74, 6) is -1.09. The lowest BCUT2D eigenvalue weighted by Crippen LogP contribution is -2.23. The maximum Gasteiger partial charge on any atom is 0.328 e. The third-order valence-electron chi connectivity index (χ3n) is 2.90. The molecule has 22 heavy (non-hydrogen) atoms. The maximum absolute atomic E-state index is 12.2. The molecule has 5 nitrogen and oxygen atoms in total. The number of rotatable bonds is 6. The SMILES string of the molecule is O=C(O)C=Cc1cccc(S(=O)(=O)NCc2ccccc2)c1. The highest BCUT2D eigenvalue weighted by molar-refractivity contribution is 7.89. The van der Waals surface area contributed by atoms with Crippen LogP contribution in [0.25, 0.3) is 6.08 Å². The van der Waals surface area contributed by atoms with Gasteiger partial charge in [-0.05, 0) is 29.3 Å². The molecule has 2 rings (SSSR count). The number of carboxylic acid groups (broad SMARTS) is 1. The monoisotopic (exact) mass is 317 g/mol. The van der Waals surface area contributed by atoms with Crippen molar-refractivity contribution in [3.8, 4) is 0 Å². The van der Waals surface area contributed by atoms with E-state index in [1.807, 2.05) is 30.3 Å². The second-order valence-electron chi connectivity index (χ2n) is 4.55. The first-order chi connectivity index (χ1) is 10.5. The zero-order valence-electron chi connectivity index (χ0n) is 11.6. The zero-order chi connectivity index (χ0) is 16.0. The summed E-state index contributed by atoms with van der Waals surface area (Å²) in [6.07, 6.45) is 2.31. The Hall–Kier alpha value is -2.44. The molecule has 0 spiro atoms. The average molecular weight is 317 g/mol. The topological polar surface area (TPSA) is 83.5 Å². The zero-order valence-corrected chi connectivity index (χ0v) is 12.5. The van der Waals surface area contributed by atoms with Gasteiger partial charge in [0, 0.05) is 12.6 Å². The maximum atomic E-state index is 12.2. The van der Waals surface area contributed by atoms with Crippen LogP contribution in [0.15, 0.2) is 65.6 Å². The lowest BCUT2D eigenvalue weighted by molar-refractivity contribution is -0.131. The van der Waals surface area contributed by atoms with Gasteiger partial charge in [-0.15, -0.1) is 0 Å². The van der Waals surface area contributed by atoms with Gasteiger partial charge in [-0.25, -0.2) is 17.9 Å². The van der Waals surface area contributed by atoms with Crippen LogP contribution in [0, 0.1) is 0 Å². The van der Waals surface area contributed by atoms with Crippen LogP contribution in [-0.2, 0) is 21.4 Å². The number of nitrogens with one attached hydrogen (secondary N) is 1. The van der Waals surface area contributed by atoms with Crippen molar-refractivity contribution in [1.29, 1.82) is 0 Å². The van der Waals surface area contributed by atoms with Crippen LogP contribution in [0.4, 0.5) is 0 Å². The fraction of sp³-hybridized carbons (Fsp3) is 0.0625. The van der Waals surface area contributed by atoms with Gasteiger partial charge < -0.3 is 5.11 Å². The van der Waals surface area contributed by atoms with E-state index in [4.69, 9.17) is 5.11 Å². The minimum atomic E-state index is -3.65. The first kappa shape index (κ1) is 15.9. The molecule has 0 amide bonds. The quantitative estimate of drug-likeness (QED) is 0.801. The Morgan fingerprint density at radius 1 is 1.09 bits per heavy atom. The molecule has 0 aliphatic rings. The number of benzene rings is 2. The fourth-order valence-electron chi connectivity index (χ4n) is 1.81. The molecule has 2 N–H and O–H groups in total. The van der Waals surface area contributed by atoms with Crippen LogP contribution in [0.1, 0.15) is 11.1 Å².